The van der Waals surface area contributed by atoms with Gasteiger partial charge in [-0.05, 0) is 58.3 Å². The molecule has 0 aromatic carbocycles. The second-order valence-corrected chi connectivity index (χ2v) is 7.82. The molecule has 0 rings (SSSR count). The van der Waals surface area contributed by atoms with E-state index in [0.717, 1.165) is 12.8 Å². The summed E-state index contributed by atoms with van der Waals surface area (Å²) in [5.74, 6) is 0. The van der Waals surface area contributed by atoms with Crippen LogP contribution in [0.2, 0.25) is 0 Å². The minimum atomic E-state index is -0.972. The molecule has 4 nitrogen and oxygen atoms in total. The van der Waals surface area contributed by atoms with E-state index in [9.17, 15) is 20.4 Å². The first-order valence-corrected chi connectivity index (χ1v) is 9.94. The Labute approximate surface area is 149 Å². The van der Waals surface area contributed by atoms with Gasteiger partial charge < -0.3 is 20.4 Å². The van der Waals surface area contributed by atoms with Crippen LogP contribution in [0.25, 0.3) is 0 Å². The fourth-order valence-electron chi connectivity index (χ4n) is 3.88. The van der Waals surface area contributed by atoms with Gasteiger partial charge >= 0.3 is 0 Å². The highest BCUT2D eigenvalue weighted by atomic mass is 16.3. The van der Waals surface area contributed by atoms with E-state index >= 15 is 0 Å². The Hall–Kier alpha value is -0.160. The van der Waals surface area contributed by atoms with E-state index in [0.29, 0.717) is 51.4 Å². The topological polar surface area (TPSA) is 80.9 Å². The molecule has 0 aliphatic heterocycles. The largest absolute Gasteiger partial charge is 0.393 e. The maximum atomic E-state index is 11.3. The summed E-state index contributed by atoms with van der Waals surface area (Å²) in [7, 11) is 0. The van der Waals surface area contributed by atoms with Crippen molar-refractivity contribution in [1.82, 2.24) is 0 Å². The smallest absolute Gasteiger partial charge is 0.0677 e. The van der Waals surface area contributed by atoms with Gasteiger partial charge in [0.25, 0.3) is 0 Å². The second-order valence-electron chi connectivity index (χ2n) is 7.82. The zero-order chi connectivity index (χ0) is 18.8. The zero-order valence-electron chi connectivity index (χ0n) is 16.6. The van der Waals surface area contributed by atoms with Gasteiger partial charge in [0.05, 0.1) is 23.9 Å². The van der Waals surface area contributed by atoms with Gasteiger partial charge in [0.1, 0.15) is 0 Å². The molecule has 146 valence electrons. The molecule has 0 heterocycles. The third-order valence-corrected chi connectivity index (χ3v) is 5.65. The molecule has 0 saturated heterocycles. The standard InChI is InChI=1S/C20H42O4/c1-6-10-18(23)15-20(14-17(22)9-4,13-11-16(21)8-3)19(5,24)12-7-2/h16-18,21-24H,6-15H2,1-5H3. The van der Waals surface area contributed by atoms with E-state index in [-0.39, 0.29) is 0 Å². The lowest BCUT2D eigenvalue weighted by Crippen LogP contribution is -2.50. The van der Waals surface area contributed by atoms with Crippen LogP contribution in [0.5, 0.6) is 0 Å². The van der Waals surface area contributed by atoms with Crippen molar-refractivity contribution >= 4 is 0 Å². The number of hydrogen-bond donors (Lipinski definition) is 4. The Morgan fingerprint density at radius 2 is 1.25 bits per heavy atom. The van der Waals surface area contributed by atoms with Crippen LogP contribution >= 0.6 is 0 Å². The summed E-state index contributed by atoms with van der Waals surface area (Å²) >= 11 is 0. The highest BCUT2D eigenvalue weighted by Gasteiger charge is 2.47. The van der Waals surface area contributed by atoms with Gasteiger partial charge in [0.15, 0.2) is 0 Å². The number of hydrogen-bond acceptors (Lipinski definition) is 4. The first kappa shape index (κ1) is 23.8. The summed E-state index contributed by atoms with van der Waals surface area (Å²) in [6.45, 7) is 9.81. The molecule has 0 aromatic rings. The molecule has 4 N–H and O–H groups in total. The highest BCUT2D eigenvalue weighted by molar-refractivity contribution is 4.98. The molecule has 0 aromatic heterocycles. The summed E-state index contributed by atoms with van der Waals surface area (Å²) in [4.78, 5) is 0. The van der Waals surface area contributed by atoms with Crippen molar-refractivity contribution < 1.29 is 20.4 Å². The Bertz CT molecular complexity index is 319. The maximum absolute atomic E-state index is 11.3. The van der Waals surface area contributed by atoms with Gasteiger partial charge in [-0.3, -0.25) is 0 Å². The van der Waals surface area contributed by atoms with E-state index in [1.807, 2.05) is 34.6 Å². The van der Waals surface area contributed by atoms with Crippen molar-refractivity contribution in [2.75, 3.05) is 0 Å². The van der Waals surface area contributed by atoms with Crippen LogP contribution < -0.4 is 0 Å². The SMILES string of the molecule is CCCC(O)CC(CCC(O)CC)(CC(O)CC)C(C)(O)CCC. The van der Waals surface area contributed by atoms with Gasteiger partial charge in [-0.25, -0.2) is 0 Å². The molecule has 0 amide bonds. The fraction of sp³-hybridized carbons (Fsp3) is 1.00. The molecule has 24 heavy (non-hydrogen) atoms. The van der Waals surface area contributed by atoms with Crippen molar-refractivity contribution in [2.45, 2.75) is 123 Å². The predicted octanol–water partition coefficient (Wildman–Crippen LogP) is 3.79. The van der Waals surface area contributed by atoms with Crippen LogP contribution in [-0.2, 0) is 0 Å². The number of aliphatic hydroxyl groups excluding tert-OH is 3. The lowest BCUT2D eigenvalue weighted by molar-refractivity contribution is -0.127. The summed E-state index contributed by atoms with van der Waals surface area (Å²) in [6, 6.07) is 0. The average molecular weight is 347 g/mol. The van der Waals surface area contributed by atoms with Gasteiger partial charge in [0, 0.05) is 5.41 Å². The molecule has 0 saturated carbocycles. The Balaban J connectivity index is 5.60. The van der Waals surface area contributed by atoms with Crippen molar-refractivity contribution in [1.29, 1.82) is 0 Å². The monoisotopic (exact) mass is 346 g/mol. The first-order valence-electron chi connectivity index (χ1n) is 9.94. The van der Waals surface area contributed by atoms with E-state index in [1.165, 1.54) is 0 Å². The van der Waals surface area contributed by atoms with E-state index in [2.05, 4.69) is 0 Å². The summed E-state index contributed by atoms with van der Waals surface area (Å²) < 4.78 is 0. The van der Waals surface area contributed by atoms with E-state index in [4.69, 9.17) is 0 Å². The maximum Gasteiger partial charge on any atom is 0.0677 e. The first-order chi connectivity index (χ1) is 11.2. The molecule has 5 unspecified atom stereocenters. The molecule has 0 aliphatic carbocycles. The Morgan fingerprint density at radius 1 is 0.708 bits per heavy atom. The quantitative estimate of drug-likeness (QED) is 0.386. The molecule has 5 atom stereocenters. The average Bonchev–Trinajstić information content (AvgIpc) is 2.51. The van der Waals surface area contributed by atoms with Crippen LogP contribution in [0.4, 0.5) is 0 Å². The molecule has 0 aliphatic rings. The van der Waals surface area contributed by atoms with Gasteiger partial charge in [-0.15, -0.1) is 0 Å². The molecule has 0 bridgehead atoms. The third kappa shape index (κ3) is 7.38. The van der Waals surface area contributed by atoms with Crippen molar-refractivity contribution in [3.8, 4) is 0 Å². The van der Waals surface area contributed by atoms with E-state index in [1.54, 1.807) is 0 Å². The Kier molecular flexibility index (Phi) is 11.4. The highest BCUT2D eigenvalue weighted by Crippen LogP contribution is 2.48. The summed E-state index contributed by atoms with van der Waals surface area (Å²) in [6.07, 6.45) is 5.13. The third-order valence-electron chi connectivity index (χ3n) is 5.65. The molecule has 0 fully saturated rings. The summed E-state index contributed by atoms with van der Waals surface area (Å²) in [5.41, 5.74) is -1.55. The Morgan fingerprint density at radius 3 is 1.71 bits per heavy atom. The second kappa shape index (κ2) is 11.5. The van der Waals surface area contributed by atoms with E-state index < -0.39 is 29.3 Å². The molecular formula is C20H42O4. The van der Waals surface area contributed by atoms with Gasteiger partial charge in [0.2, 0.25) is 0 Å². The lowest BCUT2D eigenvalue weighted by atomic mass is 9.61. The predicted molar refractivity (Wildman–Crippen MR) is 99.9 cm³/mol. The molecule has 0 spiro atoms. The number of aliphatic hydroxyl groups is 4. The van der Waals surface area contributed by atoms with Gasteiger partial charge in [-0.2, -0.15) is 0 Å². The molecular weight excluding hydrogens is 304 g/mol. The lowest BCUT2D eigenvalue weighted by Gasteiger charge is -2.48. The van der Waals surface area contributed by atoms with Crippen molar-refractivity contribution in [3.63, 3.8) is 0 Å². The van der Waals surface area contributed by atoms with Crippen molar-refractivity contribution in [2.24, 2.45) is 5.41 Å². The summed E-state index contributed by atoms with van der Waals surface area (Å²) in [5, 5.41) is 42.1. The number of rotatable bonds is 14. The van der Waals surface area contributed by atoms with Crippen LogP contribution in [0.3, 0.4) is 0 Å². The minimum absolute atomic E-state index is 0.399. The molecule has 4 heteroatoms. The van der Waals surface area contributed by atoms with Crippen molar-refractivity contribution in [3.05, 3.63) is 0 Å². The normalized spacial score (nSPS) is 20.9. The van der Waals surface area contributed by atoms with Crippen LogP contribution in [0.15, 0.2) is 0 Å². The van der Waals surface area contributed by atoms with Crippen LogP contribution in [-0.4, -0.2) is 44.3 Å². The van der Waals surface area contributed by atoms with Crippen LogP contribution in [0.1, 0.15) is 98.8 Å². The van der Waals surface area contributed by atoms with Crippen LogP contribution in [0, 0.1) is 5.41 Å². The fourth-order valence-corrected chi connectivity index (χ4v) is 3.88. The molecule has 0 radical (unpaired) electrons. The van der Waals surface area contributed by atoms with Gasteiger partial charge in [-0.1, -0.05) is 40.5 Å². The minimum Gasteiger partial charge on any atom is -0.393 e. The zero-order valence-corrected chi connectivity index (χ0v) is 16.6.